The summed E-state index contributed by atoms with van der Waals surface area (Å²) < 4.78 is 0. The fourth-order valence-corrected chi connectivity index (χ4v) is 3.62. The number of hydrogen-bond donors (Lipinski definition) is 2. The molecule has 1 atom stereocenters. The van der Waals surface area contributed by atoms with E-state index in [1.807, 2.05) is 51.1 Å². The van der Waals surface area contributed by atoms with E-state index in [1.54, 1.807) is 0 Å². The van der Waals surface area contributed by atoms with E-state index in [4.69, 9.17) is 0 Å². The number of fused-ring (bicyclic) bond motifs is 1. The highest BCUT2D eigenvalue weighted by atomic mass is 16.2. The Morgan fingerprint density at radius 2 is 1.78 bits per heavy atom. The van der Waals surface area contributed by atoms with Gasteiger partial charge in [0.15, 0.2) is 0 Å². The number of nitrogens with zero attached hydrogens (tertiary/aromatic N) is 1. The van der Waals surface area contributed by atoms with Crippen LogP contribution in [0.3, 0.4) is 0 Å². The number of amides is 2. The van der Waals surface area contributed by atoms with E-state index in [1.165, 1.54) is 5.56 Å². The van der Waals surface area contributed by atoms with Crippen molar-refractivity contribution in [3.63, 3.8) is 0 Å². The van der Waals surface area contributed by atoms with Gasteiger partial charge in [0.2, 0.25) is 11.8 Å². The summed E-state index contributed by atoms with van der Waals surface area (Å²) in [6.07, 6.45) is 2.07. The van der Waals surface area contributed by atoms with Crippen LogP contribution in [0.15, 0.2) is 42.5 Å². The highest BCUT2D eigenvalue weighted by Gasteiger charge is 2.26. The minimum atomic E-state index is -0.320. The topological polar surface area (TPSA) is 61.4 Å². The van der Waals surface area contributed by atoms with Crippen molar-refractivity contribution >= 4 is 23.2 Å². The lowest BCUT2D eigenvalue weighted by molar-refractivity contribution is -0.124. The maximum absolute atomic E-state index is 12.6. The number of carbonyl (C=O) groups is 2. The van der Waals surface area contributed by atoms with Crippen molar-refractivity contribution in [1.29, 1.82) is 0 Å². The van der Waals surface area contributed by atoms with Crippen molar-refractivity contribution in [2.45, 2.75) is 39.7 Å². The third kappa shape index (κ3) is 4.30. The molecule has 5 nitrogen and oxygen atoms in total. The molecular weight excluding hydrogens is 338 g/mol. The summed E-state index contributed by atoms with van der Waals surface area (Å²) in [4.78, 5) is 27.0. The SMILES string of the molecule is Cc1cccc(C)c1NC(=O)CNC(=O)[C@H](C)N1CCCc2ccccc21. The first-order valence-electron chi connectivity index (χ1n) is 9.45. The fourth-order valence-electron chi connectivity index (χ4n) is 3.62. The molecule has 5 heteroatoms. The van der Waals surface area contributed by atoms with Crippen molar-refractivity contribution in [3.8, 4) is 0 Å². The first-order chi connectivity index (χ1) is 13.0. The lowest BCUT2D eigenvalue weighted by Crippen LogP contribution is -2.48. The third-order valence-electron chi connectivity index (χ3n) is 5.16. The number of hydrogen-bond acceptors (Lipinski definition) is 3. The molecule has 0 radical (unpaired) electrons. The zero-order valence-electron chi connectivity index (χ0n) is 16.2. The predicted molar refractivity (Wildman–Crippen MR) is 109 cm³/mol. The van der Waals surface area contributed by atoms with E-state index in [0.717, 1.165) is 41.9 Å². The lowest BCUT2D eigenvalue weighted by Gasteiger charge is -2.35. The summed E-state index contributed by atoms with van der Waals surface area (Å²) in [7, 11) is 0. The first kappa shape index (κ1) is 19.0. The molecule has 0 bridgehead atoms. The zero-order chi connectivity index (χ0) is 19.4. The number of anilines is 2. The Bertz CT molecular complexity index is 827. The van der Waals surface area contributed by atoms with E-state index < -0.39 is 0 Å². The number of nitrogens with one attached hydrogen (secondary N) is 2. The molecule has 27 heavy (non-hydrogen) atoms. The molecule has 1 aliphatic heterocycles. The largest absolute Gasteiger partial charge is 0.360 e. The second kappa shape index (κ2) is 8.25. The van der Waals surface area contributed by atoms with Crippen LogP contribution in [0.5, 0.6) is 0 Å². The monoisotopic (exact) mass is 365 g/mol. The first-order valence-corrected chi connectivity index (χ1v) is 9.45. The Kier molecular flexibility index (Phi) is 5.79. The molecule has 0 aliphatic carbocycles. The number of aryl methyl sites for hydroxylation is 3. The van der Waals surface area contributed by atoms with E-state index in [-0.39, 0.29) is 24.4 Å². The minimum Gasteiger partial charge on any atom is -0.360 e. The van der Waals surface area contributed by atoms with Gasteiger partial charge in [0.25, 0.3) is 0 Å². The number of benzene rings is 2. The smallest absolute Gasteiger partial charge is 0.243 e. The second-order valence-corrected chi connectivity index (χ2v) is 7.13. The lowest BCUT2D eigenvalue weighted by atomic mass is 10.00. The Balaban J connectivity index is 1.59. The van der Waals surface area contributed by atoms with Gasteiger partial charge in [-0.05, 0) is 56.4 Å². The molecular formula is C22H27N3O2. The number of rotatable bonds is 5. The van der Waals surface area contributed by atoms with Crippen LogP contribution >= 0.6 is 0 Å². The summed E-state index contributed by atoms with van der Waals surface area (Å²) in [5.74, 6) is -0.352. The summed E-state index contributed by atoms with van der Waals surface area (Å²) in [5, 5.41) is 5.68. The van der Waals surface area contributed by atoms with Crippen molar-refractivity contribution in [3.05, 3.63) is 59.2 Å². The van der Waals surface area contributed by atoms with Gasteiger partial charge in [-0.1, -0.05) is 36.4 Å². The van der Waals surface area contributed by atoms with Gasteiger partial charge >= 0.3 is 0 Å². The predicted octanol–water partition coefficient (Wildman–Crippen LogP) is 3.20. The van der Waals surface area contributed by atoms with Crippen molar-refractivity contribution in [2.75, 3.05) is 23.3 Å². The summed E-state index contributed by atoms with van der Waals surface area (Å²) in [6.45, 7) is 6.61. The van der Waals surface area contributed by atoms with E-state index in [0.29, 0.717) is 0 Å². The van der Waals surface area contributed by atoms with Crippen molar-refractivity contribution in [1.82, 2.24) is 5.32 Å². The molecule has 142 valence electrons. The van der Waals surface area contributed by atoms with Crippen LogP contribution in [0, 0.1) is 13.8 Å². The van der Waals surface area contributed by atoms with Gasteiger partial charge in [0.05, 0.1) is 6.54 Å². The molecule has 1 aliphatic rings. The van der Waals surface area contributed by atoms with Crippen LogP contribution < -0.4 is 15.5 Å². The third-order valence-corrected chi connectivity index (χ3v) is 5.16. The Hall–Kier alpha value is -2.82. The molecule has 2 aromatic carbocycles. The molecule has 2 N–H and O–H groups in total. The zero-order valence-corrected chi connectivity index (χ0v) is 16.2. The molecule has 0 unspecified atom stereocenters. The Morgan fingerprint density at radius 1 is 1.07 bits per heavy atom. The van der Waals surface area contributed by atoms with Crippen LogP contribution in [-0.4, -0.2) is 30.9 Å². The van der Waals surface area contributed by atoms with Gasteiger partial charge in [-0.3, -0.25) is 9.59 Å². The highest BCUT2D eigenvalue weighted by Crippen LogP contribution is 2.28. The molecule has 2 amide bonds. The minimum absolute atomic E-state index is 0.0353. The molecule has 1 heterocycles. The summed E-state index contributed by atoms with van der Waals surface area (Å²) >= 11 is 0. The number of carbonyl (C=O) groups excluding carboxylic acids is 2. The van der Waals surface area contributed by atoms with Crippen LogP contribution in [0.1, 0.15) is 30.0 Å². The van der Waals surface area contributed by atoms with Crippen molar-refractivity contribution in [2.24, 2.45) is 0 Å². The maximum atomic E-state index is 12.6. The van der Waals surface area contributed by atoms with Crippen LogP contribution in [0.2, 0.25) is 0 Å². The van der Waals surface area contributed by atoms with Crippen LogP contribution in [0.4, 0.5) is 11.4 Å². The van der Waals surface area contributed by atoms with Gasteiger partial charge in [0.1, 0.15) is 6.04 Å². The van der Waals surface area contributed by atoms with Gasteiger partial charge in [-0.15, -0.1) is 0 Å². The van der Waals surface area contributed by atoms with Gasteiger partial charge < -0.3 is 15.5 Å². The van der Waals surface area contributed by atoms with Gasteiger partial charge in [-0.25, -0.2) is 0 Å². The summed E-state index contributed by atoms with van der Waals surface area (Å²) in [6, 6.07) is 13.8. The molecule has 0 saturated heterocycles. The standard InChI is InChI=1S/C22H27N3O2/c1-15-8-6-9-16(2)21(15)24-20(26)14-23-22(27)17(3)25-13-7-11-18-10-4-5-12-19(18)25/h4-6,8-10,12,17H,7,11,13-14H2,1-3H3,(H,23,27)(H,24,26)/t17-/m0/s1. The van der Waals surface area contributed by atoms with Crippen LogP contribution in [-0.2, 0) is 16.0 Å². The normalized spacial score (nSPS) is 14.3. The fraction of sp³-hybridized carbons (Fsp3) is 0.364. The number of para-hydroxylation sites is 2. The summed E-state index contributed by atoms with van der Waals surface area (Å²) in [5.41, 5.74) is 5.22. The van der Waals surface area contributed by atoms with E-state index in [9.17, 15) is 9.59 Å². The highest BCUT2D eigenvalue weighted by molar-refractivity contribution is 5.96. The maximum Gasteiger partial charge on any atom is 0.243 e. The average molecular weight is 365 g/mol. The molecule has 2 aromatic rings. The van der Waals surface area contributed by atoms with Crippen molar-refractivity contribution < 1.29 is 9.59 Å². The average Bonchev–Trinajstić information content (AvgIpc) is 2.68. The Morgan fingerprint density at radius 3 is 2.52 bits per heavy atom. The van der Waals surface area contributed by atoms with E-state index >= 15 is 0 Å². The van der Waals surface area contributed by atoms with Crippen LogP contribution in [0.25, 0.3) is 0 Å². The van der Waals surface area contributed by atoms with Gasteiger partial charge in [0, 0.05) is 17.9 Å². The van der Waals surface area contributed by atoms with E-state index in [2.05, 4.69) is 27.7 Å². The van der Waals surface area contributed by atoms with Gasteiger partial charge in [-0.2, -0.15) is 0 Å². The molecule has 0 fully saturated rings. The molecule has 0 saturated carbocycles. The molecule has 0 spiro atoms. The molecule has 3 rings (SSSR count). The molecule has 0 aromatic heterocycles. The second-order valence-electron chi connectivity index (χ2n) is 7.13. The Labute approximate surface area is 160 Å². The quantitative estimate of drug-likeness (QED) is 0.855.